The van der Waals surface area contributed by atoms with Crippen LogP contribution >= 0.6 is 11.3 Å². The van der Waals surface area contributed by atoms with Gasteiger partial charge in [-0.3, -0.25) is 9.59 Å². The summed E-state index contributed by atoms with van der Waals surface area (Å²) in [7, 11) is 1.30. The van der Waals surface area contributed by atoms with E-state index in [1.807, 2.05) is 13.8 Å². The summed E-state index contributed by atoms with van der Waals surface area (Å²) < 4.78 is 17.7. The summed E-state index contributed by atoms with van der Waals surface area (Å²) in [6.07, 6.45) is 0.0245. The molecule has 0 radical (unpaired) electrons. The van der Waals surface area contributed by atoms with Crippen LogP contribution in [-0.2, 0) is 20.8 Å². The number of esters is 2. The summed E-state index contributed by atoms with van der Waals surface area (Å²) in [5.74, 6) is -0.728. The van der Waals surface area contributed by atoms with Gasteiger partial charge in [-0.25, -0.2) is 4.79 Å². The fraction of sp³-hybridized carbons (Fsp3) is 0.304. The SMILES string of the molecule is CCOC(=O)Cn1c(=NC(=O)c2ccc(OC(C)C)cc2)sc2cc(C(=O)OC)ccc21. The second-order valence-corrected chi connectivity index (χ2v) is 8.07. The second-order valence-electron chi connectivity index (χ2n) is 7.06. The summed E-state index contributed by atoms with van der Waals surface area (Å²) in [6, 6.07) is 11.6. The Balaban J connectivity index is 2.03. The lowest BCUT2D eigenvalue weighted by Crippen LogP contribution is -2.23. The predicted molar refractivity (Wildman–Crippen MR) is 120 cm³/mol. The van der Waals surface area contributed by atoms with Crippen molar-refractivity contribution >= 4 is 39.4 Å². The number of fused-ring (bicyclic) bond motifs is 1. The van der Waals surface area contributed by atoms with Gasteiger partial charge in [0.25, 0.3) is 5.91 Å². The van der Waals surface area contributed by atoms with Crippen LogP contribution in [0.15, 0.2) is 47.5 Å². The molecule has 8 nitrogen and oxygen atoms in total. The van der Waals surface area contributed by atoms with Crippen LogP contribution < -0.4 is 9.54 Å². The molecule has 1 heterocycles. The zero-order valence-corrected chi connectivity index (χ0v) is 19.1. The van der Waals surface area contributed by atoms with Gasteiger partial charge in [0.05, 0.1) is 35.6 Å². The van der Waals surface area contributed by atoms with Crippen LogP contribution in [0.2, 0.25) is 0 Å². The van der Waals surface area contributed by atoms with E-state index in [-0.39, 0.29) is 19.3 Å². The standard InChI is InChI=1S/C23H24N2O6S/c1-5-30-20(26)13-25-18-11-8-16(22(28)29-4)12-19(18)32-23(25)24-21(27)15-6-9-17(10-7-15)31-14(2)3/h6-12,14H,5,13H2,1-4H3. The summed E-state index contributed by atoms with van der Waals surface area (Å²) in [5, 5.41) is 0. The molecule has 0 aliphatic rings. The maximum Gasteiger partial charge on any atom is 0.337 e. The van der Waals surface area contributed by atoms with Crippen molar-refractivity contribution < 1.29 is 28.6 Å². The van der Waals surface area contributed by atoms with Crippen molar-refractivity contribution in [2.24, 2.45) is 4.99 Å². The molecular weight excluding hydrogens is 432 g/mol. The number of thiazole rings is 1. The molecule has 32 heavy (non-hydrogen) atoms. The van der Waals surface area contributed by atoms with E-state index in [1.54, 1.807) is 54.0 Å². The quantitative estimate of drug-likeness (QED) is 0.504. The van der Waals surface area contributed by atoms with Gasteiger partial charge in [-0.15, -0.1) is 0 Å². The first kappa shape index (κ1) is 23.2. The van der Waals surface area contributed by atoms with E-state index >= 15 is 0 Å². The van der Waals surface area contributed by atoms with Crippen molar-refractivity contribution in [3.8, 4) is 5.75 Å². The van der Waals surface area contributed by atoms with Gasteiger partial charge < -0.3 is 18.8 Å². The largest absolute Gasteiger partial charge is 0.491 e. The third-order valence-electron chi connectivity index (χ3n) is 4.37. The Hall–Kier alpha value is -3.46. The predicted octanol–water partition coefficient (Wildman–Crippen LogP) is 3.58. The summed E-state index contributed by atoms with van der Waals surface area (Å²) in [5.41, 5.74) is 1.41. The highest BCUT2D eigenvalue weighted by Gasteiger charge is 2.15. The van der Waals surface area contributed by atoms with Crippen LogP contribution in [0.1, 0.15) is 41.5 Å². The number of hydrogen-bond acceptors (Lipinski definition) is 7. The minimum Gasteiger partial charge on any atom is -0.491 e. The van der Waals surface area contributed by atoms with E-state index < -0.39 is 17.8 Å². The number of ether oxygens (including phenoxy) is 3. The normalized spacial score (nSPS) is 11.6. The minimum atomic E-state index is -0.476. The fourth-order valence-corrected chi connectivity index (χ4v) is 4.06. The van der Waals surface area contributed by atoms with E-state index in [0.29, 0.717) is 31.9 Å². The molecule has 0 saturated heterocycles. The summed E-state index contributed by atoms with van der Waals surface area (Å²) in [4.78, 5) is 41.4. The molecule has 0 saturated carbocycles. The second kappa shape index (κ2) is 10.2. The maximum atomic E-state index is 12.8. The third kappa shape index (κ3) is 5.42. The molecule has 0 unspecified atom stereocenters. The van der Waals surface area contributed by atoms with Crippen LogP contribution in [0.4, 0.5) is 0 Å². The third-order valence-corrected chi connectivity index (χ3v) is 5.41. The molecule has 0 atom stereocenters. The molecule has 3 rings (SSSR count). The fourth-order valence-electron chi connectivity index (χ4n) is 2.99. The number of aromatic nitrogens is 1. The van der Waals surface area contributed by atoms with Crippen molar-refractivity contribution in [2.45, 2.75) is 33.4 Å². The highest BCUT2D eigenvalue weighted by Crippen LogP contribution is 2.20. The Bertz CT molecular complexity index is 1210. The zero-order valence-electron chi connectivity index (χ0n) is 18.3. The van der Waals surface area contributed by atoms with Gasteiger partial charge in [-0.2, -0.15) is 4.99 Å². The van der Waals surface area contributed by atoms with E-state index in [9.17, 15) is 14.4 Å². The molecule has 0 spiro atoms. The molecule has 2 aromatic carbocycles. The number of benzene rings is 2. The van der Waals surface area contributed by atoms with Gasteiger partial charge in [-0.05, 0) is 63.2 Å². The van der Waals surface area contributed by atoms with Crippen molar-refractivity contribution in [1.29, 1.82) is 0 Å². The molecule has 168 valence electrons. The number of amides is 1. The van der Waals surface area contributed by atoms with Gasteiger partial charge >= 0.3 is 11.9 Å². The maximum absolute atomic E-state index is 12.8. The van der Waals surface area contributed by atoms with Gasteiger partial charge in [0.2, 0.25) is 0 Å². The Morgan fingerprint density at radius 2 is 1.75 bits per heavy atom. The van der Waals surface area contributed by atoms with E-state index in [1.165, 1.54) is 18.4 Å². The average molecular weight is 457 g/mol. The molecule has 3 aromatic rings. The lowest BCUT2D eigenvalue weighted by molar-refractivity contribution is -0.143. The Morgan fingerprint density at radius 3 is 2.38 bits per heavy atom. The Labute approximate surface area is 189 Å². The molecule has 9 heteroatoms. The number of carbonyl (C=O) groups excluding carboxylic acids is 3. The topological polar surface area (TPSA) is 96.2 Å². The van der Waals surface area contributed by atoms with Crippen LogP contribution in [0.3, 0.4) is 0 Å². The van der Waals surface area contributed by atoms with Gasteiger partial charge in [0.1, 0.15) is 12.3 Å². The summed E-state index contributed by atoms with van der Waals surface area (Å²) in [6.45, 7) is 5.69. The van der Waals surface area contributed by atoms with Gasteiger partial charge in [-0.1, -0.05) is 11.3 Å². The zero-order chi connectivity index (χ0) is 23.3. The van der Waals surface area contributed by atoms with Crippen LogP contribution in [0.5, 0.6) is 5.75 Å². The Kier molecular flexibility index (Phi) is 7.42. The molecule has 0 N–H and O–H groups in total. The molecular formula is C23H24N2O6S. The van der Waals surface area contributed by atoms with Crippen molar-refractivity contribution in [3.63, 3.8) is 0 Å². The number of hydrogen-bond donors (Lipinski definition) is 0. The smallest absolute Gasteiger partial charge is 0.337 e. The molecule has 0 bridgehead atoms. The summed E-state index contributed by atoms with van der Waals surface area (Å²) >= 11 is 1.20. The molecule has 1 aromatic heterocycles. The first-order valence-electron chi connectivity index (χ1n) is 10.1. The Morgan fingerprint density at radius 1 is 1.06 bits per heavy atom. The number of rotatable bonds is 7. The molecule has 0 aliphatic heterocycles. The number of carbonyl (C=O) groups is 3. The lowest BCUT2D eigenvalue weighted by atomic mass is 10.2. The minimum absolute atomic E-state index is 0.0245. The number of nitrogens with zero attached hydrogens (tertiary/aromatic N) is 2. The average Bonchev–Trinajstić information content (AvgIpc) is 3.09. The van der Waals surface area contributed by atoms with Crippen LogP contribution in [0.25, 0.3) is 10.2 Å². The van der Waals surface area contributed by atoms with Crippen LogP contribution in [0, 0.1) is 0 Å². The van der Waals surface area contributed by atoms with Crippen molar-refractivity contribution in [3.05, 3.63) is 58.4 Å². The van der Waals surface area contributed by atoms with Gasteiger partial charge in [0, 0.05) is 5.56 Å². The molecule has 0 fully saturated rings. The highest BCUT2D eigenvalue weighted by molar-refractivity contribution is 7.16. The first-order chi connectivity index (χ1) is 15.3. The number of methoxy groups -OCH3 is 1. The van der Waals surface area contributed by atoms with Crippen molar-refractivity contribution in [2.75, 3.05) is 13.7 Å². The molecule has 1 amide bonds. The van der Waals surface area contributed by atoms with E-state index in [2.05, 4.69) is 4.99 Å². The van der Waals surface area contributed by atoms with Gasteiger partial charge in [0.15, 0.2) is 4.80 Å². The van der Waals surface area contributed by atoms with Crippen molar-refractivity contribution in [1.82, 2.24) is 4.57 Å². The highest BCUT2D eigenvalue weighted by atomic mass is 32.1. The first-order valence-corrected chi connectivity index (χ1v) is 10.9. The van der Waals surface area contributed by atoms with E-state index in [4.69, 9.17) is 14.2 Å². The monoisotopic (exact) mass is 456 g/mol. The lowest BCUT2D eigenvalue weighted by Gasteiger charge is -2.09. The van der Waals surface area contributed by atoms with E-state index in [0.717, 1.165) is 0 Å². The van der Waals surface area contributed by atoms with Crippen LogP contribution in [-0.4, -0.2) is 42.2 Å². The molecule has 0 aliphatic carbocycles.